The smallest absolute Gasteiger partial charge is 0.339 e. The number of carbonyl (C=O) groups excluding carboxylic acids is 2. The number of ether oxygens (including phenoxy) is 2. The molecule has 1 aromatic rings. The van der Waals surface area contributed by atoms with Crippen LogP contribution >= 0.6 is 0 Å². The second-order valence-corrected chi connectivity index (χ2v) is 4.39. The fraction of sp³-hybridized carbons (Fsp3) is 0.200. The van der Waals surface area contributed by atoms with E-state index in [0.717, 1.165) is 0 Å². The number of hydrogen-bond acceptors (Lipinski definition) is 6. The predicted octanol–water partition coefficient (Wildman–Crippen LogP) is -0.0902. The maximum absolute atomic E-state index is 11.1. The highest BCUT2D eigenvalue weighted by Gasteiger charge is 2.18. The number of sulfonamides is 1. The van der Waals surface area contributed by atoms with E-state index >= 15 is 0 Å². The van der Waals surface area contributed by atoms with E-state index in [2.05, 4.69) is 9.47 Å². The molecular formula is C10H13NO6S. The van der Waals surface area contributed by atoms with Gasteiger partial charge in [-0.15, -0.1) is 0 Å². The number of nitrogens with two attached hydrogens (primary N) is 1. The number of hydrogen-bond donors (Lipinski definition) is 1. The Morgan fingerprint density at radius 3 is 2.17 bits per heavy atom. The lowest BCUT2D eigenvalue weighted by Crippen LogP contribution is -2.17. The van der Waals surface area contributed by atoms with Crippen molar-refractivity contribution in [3.63, 3.8) is 0 Å². The van der Waals surface area contributed by atoms with Gasteiger partial charge in [0, 0.05) is 0 Å². The molecule has 0 saturated heterocycles. The fourth-order valence-corrected chi connectivity index (χ4v) is 1.72. The van der Waals surface area contributed by atoms with Gasteiger partial charge in [-0.25, -0.2) is 18.4 Å². The first kappa shape index (κ1) is 16.1. The van der Waals surface area contributed by atoms with Gasteiger partial charge in [0.25, 0.3) is 6.47 Å². The van der Waals surface area contributed by atoms with Crippen LogP contribution in [-0.4, -0.2) is 35.1 Å². The largest absolute Gasteiger partial charge is 0.471 e. The van der Waals surface area contributed by atoms with Gasteiger partial charge in [0.2, 0.25) is 10.0 Å². The van der Waals surface area contributed by atoms with Crippen molar-refractivity contribution in [3.8, 4) is 0 Å². The number of primary sulfonamides is 1. The van der Waals surface area contributed by atoms with Crippen molar-refractivity contribution in [2.24, 2.45) is 5.14 Å². The van der Waals surface area contributed by atoms with E-state index in [1.165, 1.54) is 38.5 Å². The van der Waals surface area contributed by atoms with Gasteiger partial charge < -0.3 is 9.47 Å². The van der Waals surface area contributed by atoms with E-state index in [1.54, 1.807) is 0 Å². The Kier molecular flexibility index (Phi) is 6.61. The van der Waals surface area contributed by atoms with Gasteiger partial charge in [0.15, 0.2) is 0 Å². The van der Waals surface area contributed by atoms with Gasteiger partial charge in [-0.3, -0.25) is 4.79 Å². The quantitative estimate of drug-likeness (QED) is 0.609. The Bertz CT molecular complexity index is 511. The van der Waals surface area contributed by atoms with Crippen LogP contribution in [0.1, 0.15) is 10.4 Å². The zero-order valence-electron chi connectivity index (χ0n) is 9.82. The molecule has 2 N–H and O–H groups in total. The summed E-state index contributed by atoms with van der Waals surface area (Å²) in [6.07, 6.45) is 0. The summed E-state index contributed by atoms with van der Waals surface area (Å²) in [5.74, 6) is -0.727. The Balaban J connectivity index is 0.000000631. The summed E-state index contributed by atoms with van der Waals surface area (Å²) in [6.45, 7) is 0.375. The van der Waals surface area contributed by atoms with Gasteiger partial charge in [0.05, 0.1) is 24.7 Å². The summed E-state index contributed by atoms with van der Waals surface area (Å²) in [5.41, 5.74) is -0.0579. The minimum atomic E-state index is -3.89. The molecule has 8 heteroatoms. The van der Waals surface area contributed by atoms with E-state index in [4.69, 9.17) is 9.93 Å². The first-order valence-corrected chi connectivity index (χ1v) is 6.09. The van der Waals surface area contributed by atoms with E-state index in [-0.39, 0.29) is 10.5 Å². The Labute approximate surface area is 105 Å². The highest BCUT2D eigenvalue weighted by molar-refractivity contribution is 7.89. The van der Waals surface area contributed by atoms with Gasteiger partial charge >= 0.3 is 5.97 Å². The Morgan fingerprint density at radius 2 is 1.78 bits per heavy atom. The van der Waals surface area contributed by atoms with Crippen LogP contribution in [0.15, 0.2) is 29.2 Å². The van der Waals surface area contributed by atoms with Crippen molar-refractivity contribution in [1.82, 2.24) is 0 Å². The molecule has 0 aliphatic carbocycles. The van der Waals surface area contributed by atoms with Crippen molar-refractivity contribution in [2.45, 2.75) is 4.90 Å². The third kappa shape index (κ3) is 4.93. The second-order valence-electron chi connectivity index (χ2n) is 2.86. The lowest BCUT2D eigenvalue weighted by atomic mass is 10.2. The second kappa shape index (κ2) is 7.41. The monoisotopic (exact) mass is 275 g/mol. The maximum Gasteiger partial charge on any atom is 0.339 e. The minimum absolute atomic E-state index is 0.0579. The molecule has 0 radical (unpaired) electrons. The third-order valence-electron chi connectivity index (χ3n) is 1.70. The summed E-state index contributed by atoms with van der Waals surface area (Å²) >= 11 is 0. The number of methoxy groups -OCH3 is 2. The summed E-state index contributed by atoms with van der Waals surface area (Å²) in [4.78, 5) is 19.9. The average molecular weight is 275 g/mol. The summed E-state index contributed by atoms with van der Waals surface area (Å²) in [6, 6.07) is 5.60. The minimum Gasteiger partial charge on any atom is -0.471 e. The first-order chi connectivity index (χ1) is 8.38. The molecular weight excluding hydrogens is 262 g/mol. The molecule has 0 bridgehead atoms. The lowest BCUT2D eigenvalue weighted by molar-refractivity contribution is -0.126. The van der Waals surface area contributed by atoms with E-state index in [1.807, 2.05) is 0 Å². The third-order valence-corrected chi connectivity index (χ3v) is 2.66. The number of carbonyl (C=O) groups is 2. The first-order valence-electron chi connectivity index (χ1n) is 4.55. The van der Waals surface area contributed by atoms with Crippen LogP contribution in [0.25, 0.3) is 0 Å². The van der Waals surface area contributed by atoms with Crippen molar-refractivity contribution >= 4 is 22.5 Å². The topological polar surface area (TPSA) is 113 Å². The highest BCUT2D eigenvalue weighted by Crippen LogP contribution is 2.14. The van der Waals surface area contributed by atoms with Gasteiger partial charge in [-0.05, 0) is 12.1 Å². The van der Waals surface area contributed by atoms with Crippen molar-refractivity contribution in [3.05, 3.63) is 29.8 Å². The normalized spacial score (nSPS) is 9.72. The SMILES string of the molecule is COC(=O)c1ccccc1S(N)(=O)=O.COC=O. The molecule has 1 rings (SSSR count). The number of esters is 1. The zero-order valence-corrected chi connectivity index (χ0v) is 10.6. The van der Waals surface area contributed by atoms with Crippen LogP contribution < -0.4 is 5.14 Å². The zero-order chi connectivity index (χ0) is 14.2. The van der Waals surface area contributed by atoms with Crippen LogP contribution in [0, 0.1) is 0 Å². The molecule has 0 fully saturated rings. The van der Waals surface area contributed by atoms with Gasteiger partial charge in [-0.1, -0.05) is 12.1 Å². The number of rotatable bonds is 3. The van der Waals surface area contributed by atoms with E-state index in [9.17, 15) is 13.2 Å². The molecule has 0 amide bonds. The van der Waals surface area contributed by atoms with E-state index in [0.29, 0.717) is 6.47 Å². The molecule has 0 saturated carbocycles. The average Bonchev–Trinajstić information content (AvgIpc) is 2.37. The molecule has 0 unspecified atom stereocenters. The van der Waals surface area contributed by atoms with Crippen LogP contribution in [-0.2, 0) is 24.3 Å². The summed E-state index contributed by atoms with van der Waals surface area (Å²) in [5, 5.41) is 4.91. The molecule has 0 aliphatic heterocycles. The summed E-state index contributed by atoms with van der Waals surface area (Å²) in [7, 11) is -1.41. The molecule has 0 spiro atoms. The maximum atomic E-state index is 11.1. The Hall–Kier alpha value is -1.93. The van der Waals surface area contributed by atoms with Crippen molar-refractivity contribution < 1.29 is 27.5 Å². The van der Waals surface area contributed by atoms with Crippen molar-refractivity contribution in [1.29, 1.82) is 0 Å². The molecule has 0 atom stereocenters. The van der Waals surface area contributed by atoms with Crippen LogP contribution in [0.2, 0.25) is 0 Å². The molecule has 7 nitrogen and oxygen atoms in total. The predicted molar refractivity (Wildman–Crippen MR) is 62.2 cm³/mol. The fourth-order valence-electron chi connectivity index (χ4n) is 0.993. The molecule has 0 aliphatic rings. The molecule has 18 heavy (non-hydrogen) atoms. The summed E-state index contributed by atoms with van der Waals surface area (Å²) < 4.78 is 30.4. The van der Waals surface area contributed by atoms with Crippen molar-refractivity contribution in [2.75, 3.05) is 14.2 Å². The highest BCUT2D eigenvalue weighted by atomic mass is 32.2. The van der Waals surface area contributed by atoms with Gasteiger partial charge in [-0.2, -0.15) is 0 Å². The lowest BCUT2D eigenvalue weighted by Gasteiger charge is -2.04. The van der Waals surface area contributed by atoms with Gasteiger partial charge in [0.1, 0.15) is 0 Å². The molecule has 0 aromatic heterocycles. The van der Waals surface area contributed by atoms with E-state index < -0.39 is 16.0 Å². The molecule has 0 heterocycles. The van der Waals surface area contributed by atoms with Crippen LogP contribution in [0.3, 0.4) is 0 Å². The van der Waals surface area contributed by atoms with Crippen LogP contribution in [0.4, 0.5) is 0 Å². The number of benzene rings is 1. The Morgan fingerprint density at radius 1 is 1.28 bits per heavy atom. The van der Waals surface area contributed by atoms with Crippen LogP contribution in [0.5, 0.6) is 0 Å². The molecule has 100 valence electrons. The standard InChI is InChI=1S/C8H9NO4S.C2H4O2/c1-13-8(10)6-4-2-3-5-7(6)14(9,11)12;1-4-2-3/h2-5H,1H3,(H2,9,11,12);2H,1H3. The molecule has 1 aromatic carbocycles.